The molecule has 1 atom stereocenters. The first-order chi connectivity index (χ1) is 9.92. The molecule has 0 fully saturated rings. The minimum atomic E-state index is -0.436. The van der Waals surface area contributed by atoms with Gasteiger partial charge in [-0.2, -0.15) is 0 Å². The Morgan fingerprint density at radius 1 is 1.14 bits per heavy atom. The summed E-state index contributed by atoms with van der Waals surface area (Å²) in [5.41, 5.74) is 1.98. The van der Waals surface area contributed by atoms with Gasteiger partial charge in [-0.25, -0.2) is 0 Å². The molecule has 108 valence electrons. The summed E-state index contributed by atoms with van der Waals surface area (Å²) < 4.78 is 5.49. The minimum absolute atomic E-state index is 0.141. The second kappa shape index (κ2) is 5.03. The van der Waals surface area contributed by atoms with E-state index in [1.807, 2.05) is 45.1 Å². The van der Waals surface area contributed by atoms with Gasteiger partial charge in [0.1, 0.15) is 5.60 Å². The Bertz CT molecular complexity index is 720. The predicted molar refractivity (Wildman–Crippen MR) is 86.0 cm³/mol. The van der Waals surface area contributed by atoms with Crippen LogP contribution in [-0.4, -0.2) is 11.6 Å². The van der Waals surface area contributed by atoms with Gasteiger partial charge in [0.15, 0.2) is 0 Å². The van der Waals surface area contributed by atoms with Crippen LogP contribution in [0, 0.1) is 5.92 Å². The lowest BCUT2D eigenvalue weighted by Crippen LogP contribution is -2.29. The van der Waals surface area contributed by atoms with Gasteiger partial charge in [-0.3, -0.25) is 4.79 Å². The molecule has 0 N–H and O–H groups in total. The van der Waals surface area contributed by atoms with Gasteiger partial charge in [0, 0.05) is 0 Å². The van der Waals surface area contributed by atoms with E-state index in [0.717, 1.165) is 0 Å². The van der Waals surface area contributed by atoms with E-state index in [9.17, 15) is 4.79 Å². The van der Waals surface area contributed by atoms with Crippen molar-refractivity contribution >= 4 is 22.8 Å². The zero-order valence-electron chi connectivity index (χ0n) is 12.7. The topological polar surface area (TPSA) is 26.3 Å². The third-order valence-electron chi connectivity index (χ3n) is 3.66. The molecule has 3 rings (SSSR count). The Hall–Kier alpha value is -2.09. The molecule has 0 saturated heterocycles. The lowest BCUT2D eigenvalue weighted by atomic mass is 9.88. The molecule has 2 heteroatoms. The maximum Gasteiger partial charge on any atom is 0.313 e. The smallest absolute Gasteiger partial charge is 0.313 e. The van der Waals surface area contributed by atoms with Crippen molar-refractivity contribution in [2.75, 3.05) is 0 Å². The first-order valence-electron chi connectivity index (χ1n) is 7.35. The molecule has 0 heterocycles. The van der Waals surface area contributed by atoms with Crippen molar-refractivity contribution < 1.29 is 9.53 Å². The highest BCUT2D eigenvalue weighted by molar-refractivity contribution is 5.87. The van der Waals surface area contributed by atoms with Crippen LogP contribution in [0.4, 0.5) is 0 Å². The SMILES string of the molecule is CC(C)(C)OC(=O)C1C=Cc2cc3ccccc3cc2C1. The summed E-state index contributed by atoms with van der Waals surface area (Å²) in [6.45, 7) is 5.71. The molecule has 0 aromatic heterocycles. The monoisotopic (exact) mass is 280 g/mol. The quantitative estimate of drug-likeness (QED) is 0.725. The Morgan fingerprint density at radius 2 is 1.81 bits per heavy atom. The van der Waals surface area contributed by atoms with E-state index in [4.69, 9.17) is 4.74 Å². The van der Waals surface area contributed by atoms with Crippen molar-refractivity contribution in [1.29, 1.82) is 0 Å². The van der Waals surface area contributed by atoms with Crippen LogP contribution in [0.15, 0.2) is 42.5 Å². The largest absolute Gasteiger partial charge is 0.460 e. The first kappa shape index (κ1) is 13.9. The zero-order valence-corrected chi connectivity index (χ0v) is 12.7. The molecule has 21 heavy (non-hydrogen) atoms. The molecule has 0 radical (unpaired) electrons. The molecule has 2 aromatic carbocycles. The molecule has 1 unspecified atom stereocenters. The van der Waals surface area contributed by atoms with Crippen LogP contribution in [-0.2, 0) is 16.0 Å². The maximum absolute atomic E-state index is 12.2. The van der Waals surface area contributed by atoms with E-state index < -0.39 is 5.60 Å². The summed E-state index contributed by atoms with van der Waals surface area (Å²) in [6, 6.07) is 12.7. The van der Waals surface area contributed by atoms with Gasteiger partial charge in [0.25, 0.3) is 0 Å². The van der Waals surface area contributed by atoms with Crippen molar-refractivity contribution in [2.45, 2.75) is 32.8 Å². The van der Waals surface area contributed by atoms with E-state index >= 15 is 0 Å². The number of ether oxygens (including phenoxy) is 1. The molecule has 0 amide bonds. The van der Waals surface area contributed by atoms with Crippen molar-refractivity contribution in [3.8, 4) is 0 Å². The molecular formula is C19H20O2. The van der Waals surface area contributed by atoms with Gasteiger partial charge < -0.3 is 4.74 Å². The van der Waals surface area contributed by atoms with Gasteiger partial charge in [-0.05, 0) is 55.2 Å². The van der Waals surface area contributed by atoms with E-state index in [1.165, 1.54) is 21.9 Å². The van der Waals surface area contributed by atoms with Crippen LogP contribution in [0.3, 0.4) is 0 Å². The fraction of sp³-hybridized carbons (Fsp3) is 0.316. The van der Waals surface area contributed by atoms with Crippen molar-refractivity contribution in [3.63, 3.8) is 0 Å². The van der Waals surface area contributed by atoms with E-state index in [2.05, 4.69) is 24.3 Å². The Labute approximate surface area is 125 Å². The third-order valence-corrected chi connectivity index (χ3v) is 3.66. The van der Waals surface area contributed by atoms with Crippen LogP contribution in [0.1, 0.15) is 31.9 Å². The maximum atomic E-state index is 12.2. The van der Waals surface area contributed by atoms with E-state index in [1.54, 1.807) is 0 Å². The second-order valence-electron chi connectivity index (χ2n) is 6.60. The summed E-state index contributed by atoms with van der Waals surface area (Å²) >= 11 is 0. The predicted octanol–water partition coefficient (Wildman–Crippen LogP) is 4.37. The number of fused-ring (bicyclic) bond motifs is 2. The molecule has 2 nitrogen and oxygen atoms in total. The van der Waals surface area contributed by atoms with E-state index in [-0.39, 0.29) is 11.9 Å². The number of carbonyl (C=O) groups is 1. The standard InChI is InChI=1S/C19H20O2/c1-19(2,3)21-18(20)16-9-8-15-10-13-6-4-5-7-14(13)11-17(15)12-16/h4-11,16H,12H2,1-3H3. The molecule has 0 bridgehead atoms. The van der Waals surface area contributed by atoms with Gasteiger partial charge in [0.2, 0.25) is 0 Å². The highest BCUT2D eigenvalue weighted by Gasteiger charge is 2.26. The number of esters is 1. The fourth-order valence-electron chi connectivity index (χ4n) is 2.70. The van der Waals surface area contributed by atoms with Crippen LogP contribution in [0.5, 0.6) is 0 Å². The summed E-state index contributed by atoms with van der Waals surface area (Å²) in [7, 11) is 0. The molecule has 2 aromatic rings. The molecule has 1 aliphatic rings. The normalized spacial score (nSPS) is 17.6. The van der Waals surface area contributed by atoms with E-state index in [0.29, 0.717) is 6.42 Å². The van der Waals surface area contributed by atoms with Crippen molar-refractivity contribution in [3.05, 3.63) is 53.6 Å². The fourth-order valence-corrected chi connectivity index (χ4v) is 2.70. The number of hydrogen-bond donors (Lipinski definition) is 0. The summed E-state index contributed by atoms with van der Waals surface area (Å²) in [6.07, 6.45) is 4.72. The van der Waals surface area contributed by atoms with Crippen molar-refractivity contribution in [2.24, 2.45) is 5.92 Å². The average molecular weight is 280 g/mol. The van der Waals surface area contributed by atoms with Gasteiger partial charge in [-0.1, -0.05) is 42.5 Å². The number of carbonyl (C=O) groups excluding carboxylic acids is 1. The zero-order chi connectivity index (χ0) is 15.0. The summed E-state index contributed by atoms with van der Waals surface area (Å²) in [5, 5.41) is 2.45. The highest BCUT2D eigenvalue weighted by Crippen LogP contribution is 2.29. The summed E-state index contributed by atoms with van der Waals surface area (Å²) in [4.78, 5) is 12.2. The van der Waals surface area contributed by atoms with Gasteiger partial charge in [0.05, 0.1) is 5.92 Å². The molecule has 1 aliphatic carbocycles. The molecule has 0 spiro atoms. The van der Waals surface area contributed by atoms with Crippen LogP contribution >= 0.6 is 0 Å². The Balaban J connectivity index is 1.89. The van der Waals surface area contributed by atoms with Gasteiger partial charge in [-0.15, -0.1) is 0 Å². The highest BCUT2D eigenvalue weighted by atomic mass is 16.6. The minimum Gasteiger partial charge on any atom is -0.460 e. The van der Waals surface area contributed by atoms with Crippen LogP contribution < -0.4 is 0 Å². The number of hydrogen-bond acceptors (Lipinski definition) is 2. The Morgan fingerprint density at radius 3 is 2.48 bits per heavy atom. The molecule has 0 saturated carbocycles. The lowest BCUT2D eigenvalue weighted by molar-refractivity contribution is -0.158. The lowest BCUT2D eigenvalue weighted by Gasteiger charge is -2.24. The average Bonchev–Trinajstić information content (AvgIpc) is 2.42. The second-order valence-corrected chi connectivity index (χ2v) is 6.60. The van der Waals surface area contributed by atoms with Gasteiger partial charge >= 0.3 is 5.97 Å². The Kier molecular flexibility index (Phi) is 3.32. The number of benzene rings is 2. The summed E-state index contributed by atoms with van der Waals surface area (Å²) in [5.74, 6) is -0.324. The van der Waals surface area contributed by atoms with Crippen molar-refractivity contribution in [1.82, 2.24) is 0 Å². The molecular weight excluding hydrogens is 260 g/mol. The molecule has 0 aliphatic heterocycles. The van der Waals surface area contributed by atoms with Crippen LogP contribution in [0.25, 0.3) is 16.8 Å². The number of rotatable bonds is 1. The first-order valence-corrected chi connectivity index (χ1v) is 7.35. The van der Waals surface area contributed by atoms with Crippen LogP contribution in [0.2, 0.25) is 0 Å². The third kappa shape index (κ3) is 2.99.